The molecule has 7 heteroatoms. The van der Waals surface area contributed by atoms with Crippen molar-refractivity contribution >= 4 is 35.1 Å². The van der Waals surface area contributed by atoms with Gasteiger partial charge in [-0.2, -0.15) is 5.10 Å². The van der Waals surface area contributed by atoms with Gasteiger partial charge in [0.05, 0.1) is 12.6 Å². The average Bonchev–Trinajstić information content (AvgIpc) is 3.01. The molecule has 0 bridgehead atoms. The van der Waals surface area contributed by atoms with Crippen LogP contribution in [0.4, 0.5) is 5.69 Å². The highest BCUT2D eigenvalue weighted by Gasteiger charge is 2.09. The lowest BCUT2D eigenvalue weighted by atomic mass is 10.1. The van der Waals surface area contributed by atoms with Gasteiger partial charge in [-0.3, -0.25) is 14.6 Å². The summed E-state index contributed by atoms with van der Waals surface area (Å²) in [7, 11) is 1.86. The molecule has 3 rings (SSSR count). The molecular formula is C18H17ClN4OS. The second kappa shape index (κ2) is 7.74. The molecule has 0 aliphatic carbocycles. The van der Waals surface area contributed by atoms with Gasteiger partial charge in [-0.25, -0.2) is 0 Å². The molecular weight excluding hydrogens is 356 g/mol. The molecule has 0 spiro atoms. The van der Waals surface area contributed by atoms with Crippen molar-refractivity contribution in [3.63, 3.8) is 0 Å². The van der Waals surface area contributed by atoms with E-state index in [1.807, 2.05) is 43.6 Å². The van der Waals surface area contributed by atoms with Crippen LogP contribution in [0.5, 0.6) is 0 Å². The highest BCUT2D eigenvalue weighted by Crippen LogP contribution is 2.28. The Labute approximate surface area is 155 Å². The Bertz CT molecular complexity index is 910. The summed E-state index contributed by atoms with van der Waals surface area (Å²) in [6, 6.07) is 13.0. The van der Waals surface area contributed by atoms with Crippen molar-refractivity contribution in [2.45, 2.75) is 11.3 Å². The lowest BCUT2D eigenvalue weighted by molar-refractivity contribution is -0.115. The number of nitrogens with one attached hydrogen (secondary N) is 1. The number of carbonyl (C=O) groups excluding carboxylic acids is 1. The van der Waals surface area contributed by atoms with Crippen LogP contribution in [0.1, 0.15) is 5.56 Å². The van der Waals surface area contributed by atoms with Crippen molar-refractivity contribution in [1.82, 2.24) is 9.78 Å². The molecule has 0 saturated carbocycles. The SMILES string of the molecule is Cn1cc(-c2cc(NC(=O)Cc3cccc(Cl)c3)cc(SN)c2)cn1. The lowest BCUT2D eigenvalue weighted by Gasteiger charge is -2.09. The van der Waals surface area contributed by atoms with Gasteiger partial charge in [-0.15, -0.1) is 0 Å². The van der Waals surface area contributed by atoms with Crippen LogP contribution >= 0.6 is 23.5 Å². The first-order chi connectivity index (χ1) is 12.0. The van der Waals surface area contributed by atoms with Gasteiger partial charge in [-0.1, -0.05) is 23.7 Å². The fourth-order valence-corrected chi connectivity index (χ4v) is 3.12. The Balaban J connectivity index is 1.80. The maximum Gasteiger partial charge on any atom is 0.228 e. The maximum atomic E-state index is 12.3. The summed E-state index contributed by atoms with van der Waals surface area (Å²) in [5, 5.41) is 13.4. The summed E-state index contributed by atoms with van der Waals surface area (Å²) in [4.78, 5) is 13.2. The number of rotatable bonds is 5. The van der Waals surface area contributed by atoms with Crippen molar-refractivity contribution in [2.24, 2.45) is 12.2 Å². The smallest absolute Gasteiger partial charge is 0.228 e. The minimum Gasteiger partial charge on any atom is -0.326 e. The first-order valence-corrected chi connectivity index (χ1v) is 8.84. The maximum absolute atomic E-state index is 12.3. The van der Waals surface area contributed by atoms with Crippen LogP contribution in [-0.2, 0) is 18.3 Å². The molecule has 3 aromatic rings. The highest BCUT2D eigenvalue weighted by atomic mass is 35.5. The standard InChI is InChI=1S/C18H17ClN4OS/c1-23-11-14(10-21-23)13-7-16(9-17(8-13)25-20)22-18(24)6-12-3-2-4-15(19)5-12/h2-5,7-11H,6,20H2,1H3,(H,22,24). The second-order valence-electron chi connectivity index (χ2n) is 5.62. The van der Waals surface area contributed by atoms with Crippen LogP contribution in [0.2, 0.25) is 5.02 Å². The molecule has 0 unspecified atom stereocenters. The third-order valence-electron chi connectivity index (χ3n) is 3.62. The van der Waals surface area contributed by atoms with E-state index in [9.17, 15) is 4.79 Å². The number of aromatic nitrogens is 2. The molecule has 3 N–H and O–H groups in total. The third-order valence-corrected chi connectivity index (χ3v) is 4.36. The van der Waals surface area contributed by atoms with Crippen LogP contribution in [0.15, 0.2) is 59.8 Å². The van der Waals surface area contributed by atoms with Gasteiger partial charge in [0.1, 0.15) is 0 Å². The molecule has 25 heavy (non-hydrogen) atoms. The van der Waals surface area contributed by atoms with E-state index in [4.69, 9.17) is 16.7 Å². The Kier molecular flexibility index (Phi) is 5.43. The number of anilines is 1. The van der Waals surface area contributed by atoms with E-state index >= 15 is 0 Å². The predicted octanol–water partition coefficient (Wildman–Crippen LogP) is 3.89. The summed E-state index contributed by atoms with van der Waals surface area (Å²) in [6.07, 6.45) is 3.94. The monoisotopic (exact) mass is 372 g/mol. The van der Waals surface area contributed by atoms with Crippen molar-refractivity contribution in [2.75, 3.05) is 5.32 Å². The van der Waals surface area contributed by atoms with E-state index in [0.29, 0.717) is 10.7 Å². The number of hydrogen-bond donors (Lipinski definition) is 2. The first-order valence-electron chi connectivity index (χ1n) is 7.58. The summed E-state index contributed by atoms with van der Waals surface area (Å²) in [5.41, 5.74) is 3.47. The summed E-state index contributed by atoms with van der Waals surface area (Å²) in [6.45, 7) is 0. The van der Waals surface area contributed by atoms with Gasteiger partial charge in [0.2, 0.25) is 5.91 Å². The molecule has 5 nitrogen and oxygen atoms in total. The van der Waals surface area contributed by atoms with Gasteiger partial charge in [0, 0.05) is 34.4 Å². The van der Waals surface area contributed by atoms with Crippen LogP contribution in [0, 0.1) is 0 Å². The van der Waals surface area contributed by atoms with Gasteiger partial charge in [0.25, 0.3) is 0 Å². The Morgan fingerprint density at radius 1 is 1.28 bits per heavy atom. The number of carbonyl (C=O) groups is 1. The molecule has 1 amide bonds. The molecule has 0 fully saturated rings. The fraction of sp³-hybridized carbons (Fsp3) is 0.111. The first kappa shape index (κ1) is 17.5. The van der Waals surface area contributed by atoms with E-state index in [1.54, 1.807) is 23.0 Å². The highest BCUT2D eigenvalue weighted by molar-refractivity contribution is 7.97. The average molecular weight is 373 g/mol. The molecule has 128 valence electrons. The minimum atomic E-state index is -0.112. The third kappa shape index (κ3) is 4.63. The van der Waals surface area contributed by atoms with Gasteiger partial charge in [-0.05, 0) is 53.4 Å². The van der Waals surface area contributed by atoms with Crippen LogP contribution in [-0.4, -0.2) is 15.7 Å². The number of nitrogens with two attached hydrogens (primary N) is 1. The molecule has 1 heterocycles. The Hall–Kier alpha value is -2.28. The van der Waals surface area contributed by atoms with Crippen LogP contribution in [0.25, 0.3) is 11.1 Å². The number of nitrogens with zero attached hydrogens (tertiary/aromatic N) is 2. The number of hydrogen-bond acceptors (Lipinski definition) is 4. The number of amides is 1. The second-order valence-corrected chi connectivity index (χ2v) is 6.77. The van der Waals surface area contributed by atoms with Gasteiger partial charge >= 0.3 is 0 Å². The van der Waals surface area contributed by atoms with Crippen molar-refractivity contribution in [3.05, 3.63) is 65.4 Å². The van der Waals surface area contributed by atoms with Crippen LogP contribution < -0.4 is 10.5 Å². The zero-order valence-corrected chi connectivity index (χ0v) is 15.1. The van der Waals surface area contributed by atoms with Gasteiger partial charge in [0.15, 0.2) is 0 Å². The molecule has 0 aliphatic heterocycles. The van der Waals surface area contributed by atoms with Crippen molar-refractivity contribution in [1.29, 1.82) is 0 Å². The number of halogens is 1. The number of aryl methyl sites for hydroxylation is 1. The fourth-order valence-electron chi connectivity index (χ4n) is 2.51. The molecule has 0 saturated heterocycles. The summed E-state index contributed by atoms with van der Waals surface area (Å²) >= 11 is 7.10. The van der Waals surface area contributed by atoms with Crippen molar-refractivity contribution < 1.29 is 4.79 Å². The molecule has 0 radical (unpaired) electrons. The quantitative estimate of drug-likeness (QED) is 0.666. The molecule has 0 atom stereocenters. The normalized spacial score (nSPS) is 10.7. The zero-order chi connectivity index (χ0) is 17.8. The predicted molar refractivity (Wildman–Crippen MR) is 102 cm³/mol. The minimum absolute atomic E-state index is 0.112. The lowest BCUT2D eigenvalue weighted by Crippen LogP contribution is -2.14. The number of benzene rings is 2. The largest absolute Gasteiger partial charge is 0.326 e. The molecule has 0 aliphatic rings. The summed E-state index contributed by atoms with van der Waals surface area (Å²) < 4.78 is 1.73. The van der Waals surface area contributed by atoms with Gasteiger partial charge < -0.3 is 5.32 Å². The van der Waals surface area contributed by atoms with Crippen LogP contribution in [0.3, 0.4) is 0 Å². The Morgan fingerprint density at radius 2 is 2.12 bits per heavy atom. The van der Waals surface area contributed by atoms with E-state index < -0.39 is 0 Å². The van der Waals surface area contributed by atoms with E-state index in [1.165, 1.54) is 0 Å². The summed E-state index contributed by atoms with van der Waals surface area (Å²) in [5.74, 6) is -0.112. The van der Waals surface area contributed by atoms with E-state index in [-0.39, 0.29) is 12.3 Å². The van der Waals surface area contributed by atoms with E-state index in [0.717, 1.165) is 33.5 Å². The topological polar surface area (TPSA) is 72.9 Å². The molecule has 2 aromatic carbocycles. The molecule has 1 aromatic heterocycles. The van der Waals surface area contributed by atoms with Crippen molar-refractivity contribution in [3.8, 4) is 11.1 Å². The zero-order valence-electron chi connectivity index (χ0n) is 13.6. The Morgan fingerprint density at radius 3 is 2.80 bits per heavy atom. The van der Waals surface area contributed by atoms with E-state index in [2.05, 4.69) is 10.4 Å².